The van der Waals surface area contributed by atoms with Crippen LogP contribution in [0.4, 0.5) is 0 Å². The van der Waals surface area contributed by atoms with Crippen molar-refractivity contribution in [3.05, 3.63) is 69.7 Å². The van der Waals surface area contributed by atoms with E-state index >= 15 is 0 Å². The van der Waals surface area contributed by atoms with Gasteiger partial charge in [-0.1, -0.05) is 34.0 Å². The molecule has 0 aliphatic carbocycles. The maximum Gasteiger partial charge on any atom is 0.184 e. The summed E-state index contributed by atoms with van der Waals surface area (Å²) in [7, 11) is 2.70. The van der Waals surface area contributed by atoms with E-state index in [9.17, 15) is 9.59 Å². The Hall–Kier alpha value is -1.02. The molecule has 1 fully saturated rings. The minimum Gasteiger partial charge on any atom is -0.379 e. The first-order valence-corrected chi connectivity index (χ1v) is 11.2. The molecule has 0 spiro atoms. The zero-order valence-corrected chi connectivity index (χ0v) is 17.4. The van der Waals surface area contributed by atoms with Crippen LogP contribution < -0.4 is 0 Å². The van der Waals surface area contributed by atoms with Crippen molar-refractivity contribution in [1.29, 1.82) is 0 Å². The van der Waals surface area contributed by atoms with Crippen LogP contribution in [0.25, 0.3) is 0 Å². The van der Waals surface area contributed by atoms with E-state index in [4.69, 9.17) is 27.9 Å². The van der Waals surface area contributed by atoms with Crippen LogP contribution in [0.5, 0.6) is 0 Å². The third kappa shape index (κ3) is 5.73. The molecule has 27 heavy (non-hydrogen) atoms. The van der Waals surface area contributed by atoms with E-state index in [0.29, 0.717) is 34.4 Å². The second-order valence-electron chi connectivity index (χ2n) is 5.83. The van der Waals surface area contributed by atoms with Gasteiger partial charge in [-0.05, 0) is 59.5 Å². The van der Waals surface area contributed by atoms with Crippen LogP contribution in [0.2, 0.25) is 10.0 Å². The molecule has 2 aromatic carbocycles. The topological polar surface area (TPSA) is 46.6 Å². The van der Waals surface area contributed by atoms with E-state index in [-0.39, 0.29) is 11.6 Å². The van der Waals surface area contributed by atoms with E-state index in [1.54, 1.807) is 48.5 Å². The molecule has 4 nitrogen and oxygen atoms in total. The average Bonchev–Trinajstić information content (AvgIpc) is 2.69. The van der Waals surface area contributed by atoms with Crippen molar-refractivity contribution in [2.75, 3.05) is 26.3 Å². The van der Waals surface area contributed by atoms with Gasteiger partial charge in [0.25, 0.3) is 0 Å². The lowest BCUT2D eigenvalue weighted by molar-refractivity contribution is 0.0779. The second-order valence-corrected chi connectivity index (χ2v) is 9.06. The molecular formula is C19H17Cl2NO3S2. The molecule has 1 aliphatic heterocycles. The molecule has 8 heteroatoms. The zero-order chi connectivity index (χ0) is 19.2. The smallest absolute Gasteiger partial charge is 0.184 e. The Labute approximate surface area is 176 Å². The summed E-state index contributed by atoms with van der Waals surface area (Å²) in [6.07, 6.45) is 0. The molecule has 0 unspecified atom stereocenters. The Morgan fingerprint density at radius 3 is 1.74 bits per heavy atom. The number of ketones is 2. The molecule has 2 aromatic rings. The van der Waals surface area contributed by atoms with E-state index in [1.807, 2.05) is 0 Å². The first kappa shape index (κ1) is 20.7. The predicted octanol–water partition coefficient (Wildman–Crippen LogP) is 5.06. The van der Waals surface area contributed by atoms with Crippen molar-refractivity contribution in [3.63, 3.8) is 0 Å². The lowest BCUT2D eigenvalue weighted by Gasteiger charge is -2.26. The molecular weight excluding hydrogens is 425 g/mol. The number of Topliss-reactive ketones (excluding diaryl/α,β-unsaturated/α-hetero) is 2. The minimum absolute atomic E-state index is 0.239. The zero-order valence-electron chi connectivity index (χ0n) is 14.3. The molecule has 3 rings (SSSR count). The van der Waals surface area contributed by atoms with E-state index in [2.05, 4.69) is 4.31 Å². The number of hydrogen-bond donors (Lipinski definition) is 0. The van der Waals surface area contributed by atoms with Gasteiger partial charge in [-0.25, -0.2) is 4.31 Å². The predicted molar refractivity (Wildman–Crippen MR) is 113 cm³/mol. The normalized spacial score (nSPS) is 15.1. The van der Waals surface area contributed by atoms with Crippen LogP contribution in [-0.2, 0) is 4.74 Å². The molecule has 0 amide bonds. The van der Waals surface area contributed by atoms with Crippen LogP contribution in [0.1, 0.15) is 20.7 Å². The fourth-order valence-electron chi connectivity index (χ4n) is 2.46. The summed E-state index contributed by atoms with van der Waals surface area (Å²) < 4.78 is 7.44. The number of carbonyl (C=O) groups excluding carboxylic acids is 2. The fraction of sp³-hybridized carbons (Fsp3) is 0.263. The maximum atomic E-state index is 13.0. The monoisotopic (exact) mass is 441 g/mol. The van der Waals surface area contributed by atoms with Gasteiger partial charge in [-0.2, -0.15) is 0 Å². The standard InChI is InChI=1S/C19H17Cl2NO3S2/c20-15-5-1-13(2-6-15)17(23)19(26-27-22-9-11-25-12-10-22)18(24)14-3-7-16(21)8-4-14/h1-8,19H,9-12H2. The van der Waals surface area contributed by atoms with Gasteiger partial charge in [0.2, 0.25) is 0 Å². The number of halogens is 2. The van der Waals surface area contributed by atoms with E-state index < -0.39 is 5.25 Å². The van der Waals surface area contributed by atoms with Crippen LogP contribution in [0.15, 0.2) is 48.5 Å². The Morgan fingerprint density at radius 2 is 1.30 bits per heavy atom. The molecule has 0 bridgehead atoms. The van der Waals surface area contributed by atoms with Gasteiger partial charge >= 0.3 is 0 Å². The maximum absolute atomic E-state index is 13.0. The van der Waals surface area contributed by atoms with E-state index in [1.165, 1.54) is 21.8 Å². The van der Waals surface area contributed by atoms with Crippen molar-refractivity contribution >= 4 is 56.5 Å². The van der Waals surface area contributed by atoms with Gasteiger partial charge in [0.05, 0.1) is 13.2 Å². The Bertz CT molecular complexity index is 736. The number of hydrogen-bond acceptors (Lipinski definition) is 6. The third-order valence-electron chi connectivity index (χ3n) is 3.95. The Kier molecular flexibility index (Phi) is 7.64. The molecule has 0 aromatic heterocycles. The molecule has 1 aliphatic rings. The molecule has 1 saturated heterocycles. The summed E-state index contributed by atoms with van der Waals surface area (Å²) in [5.41, 5.74) is 0.920. The Balaban J connectivity index is 1.80. The Morgan fingerprint density at radius 1 is 0.852 bits per heavy atom. The fourth-order valence-corrected chi connectivity index (χ4v) is 5.26. The molecule has 0 saturated carbocycles. The van der Waals surface area contributed by atoms with Crippen molar-refractivity contribution in [2.24, 2.45) is 0 Å². The highest BCUT2D eigenvalue weighted by Gasteiger charge is 2.31. The minimum atomic E-state index is -0.861. The lowest BCUT2D eigenvalue weighted by atomic mass is 10.0. The molecule has 0 atom stereocenters. The van der Waals surface area contributed by atoms with Gasteiger partial charge in [0, 0.05) is 34.3 Å². The van der Waals surface area contributed by atoms with Crippen LogP contribution >= 0.6 is 45.0 Å². The number of nitrogens with zero attached hydrogens (tertiary/aromatic N) is 1. The van der Waals surface area contributed by atoms with Crippen LogP contribution in [-0.4, -0.2) is 47.4 Å². The summed E-state index contributed by atoms with van der Waals surface area (Å²) in [5, 5.41) is 0.227. The summed E-state index contributed by atoms with van der Waals surface area (Å²) >= 11 is 11.8. The first-order valence-electron chi connectivity index (χ1n) is 8.30. The quantitative estimate of drug-likeness (QED) is 0.259. The number of morpholine rings is 1. The number of ether oxygens (including phenoxy) is 1. The van der Waals surface area contributed by atoms with Crippen molar-refractivity contribution in [3.8, 4) is 0 Å². The number of rotatable bonds is 7. The number of carbonyl (C=O) groups is 2. The largest absolute Gasteiger partial charge is 0.379 e. The van der Waals surface area contributed by atoms with Gasteiger partial charge in [-0.15, -0.1) is 0 Å². The highest BCUT2D eigenvalue weighted by molar-refractivity contribution is 8.76. The first-order chi connectivity index (χ1) is 13.0. The molecule has 142 valence electrons. The number of benzene rings is 2. The molecule has 1 heterocycles. The van der Waals surface area contributed by atoms with Crippen LogP contribution in [0.3, 0.4) is 0 Å². The van der Waals surface area contributed by atoms with Crippen LogP contribution in [0, 0.1) is 0 Å². The van der Waals surface area contributed by atoms with Crippen molar-refractivity contribution in [2.45, 2.75) is 5.25 Å². The van der Waals surface area contributed by atoms with E-state index in [0.717, 1.165) is 13.1 Å². The summed E-state index contributed by atoms with van der Waals surface area (Å²) in [4.78, 5) is 26.1. The van der Waals surface area contributed by atoms with Crippen molar-refractivity contribution < 1.29 is 14.3 Å². The third-order valence-corrected chi connectivity index (χ3v) is 7.20. The second kappa shape index (κ2) is 9.96. The average molecular weight is 442 g/mol. The summed E-state index contributed by atoms with van der Waals surface area (Å²) in [6, 6.07) is 13.2. The summed E-state index contributed by atoms with van der Waals surface area (Å²) in [6.45, 7) is 2.81. The lowest BCUT2D eigenvalue weighted by Crippen LogP contribution is -2.32. The SMILES string of the molecule is O=C(c1ccc(Cl)cc1)C(SSN1CCOCC1)C(=O)c1ccc(Cl)cc1. The highest BCUT2D eigenvalue weighted by Crippen LogP contribution is 2.34. The van der Waals surface area contributed by atoms with Crippen molar-refractivity contribution in [1.82, 2.24) is 4.31 Å². The van der Waals surface area contributed by atoms with Gasteiger partial charge in [0.1, 0.15) is 5.25 Å². The highest BCUT2D eigenvalue weighted by atomic mass is 35.5. The van der Waals surface area contributed by atoms with Gasteiger partial charge in [0.15, 0.2) is 11.6 Å². The summed E-state index contributed by atoms with van der Waals surface area (Å²) in [5.74, 6) is -0.477. The molecule has 0 N–H and O–H groups in total. The van der Waals surface area contributed by atoms with Gasteiger partial charge < -0.3 is 4.74 Å². The molecule has 0 radical (unpaired) electrons. The van der Waals surface area contributed by atoms with Gasteiger partial charge in [-0.3, -0.25) is 9.59 Å².